The van der Waals surface area contributed by atoms with Gasteiger partial charge < -0.3 is 14.6 Å². The molecule has 1 aromatic heterocycles. The van der Waals surface area contributed by atoms with Gasteiger partial charge in [-0.3, -0.25) is 0 Å². The molecule has 0 radical (unpaired) electrons. The molecular weight excluding hydrogens is 266 g/mol. The summed E-state index contributed by atoms with van der Waals surface area (Å²) in [5, 5.41) is 10.6. The van der Waals surface area contributed by atoms with E-state index in [9.17, 15) is 5.11 Å². The minimum Gasteiger partial charge on any atom is -0.481 e. The van der Waals surface area contributed by atoms with Crippen LogP contribution >= 0.6 is 0 Å². The average molecular weight is 291 g/mol. The summed E-state index contributed by atoms with van der Waals surface area (Å²) >= 11 is 0. The van der Waals surface area contributed by atoms with Gasteiger partial charge in [-0.05, 0) is 37.2 Å². The number of ether oxygens (including phenoxy) is 2. The fraction of sp³-hybridized carbons (Fsp3) is 0.706. The van der Waals surface area contributed by atoms with Gasteiger partial charge in [0.05, 0.1) is 18.8 Å². The van der Waals surface area contributed by atoms with E-state index >= 15 is 0 Å². The minimum absolute atomic E-state index is 0.0715. The molecule has 1 aliphatic carbocycles. The first-order chi connectivity index (χ1) is 10.2. The van der Waals surface area contributed by atoms with Crippen LogP contribution in [0.15, 0.2) is 18.3 Å². The lowest BCUT2D eigenvalue weighted by Gasteiger charge is -2.40. The zero-order chi connectivity index (χ0) is 14.7. The minimum atomic E-state index is -0.304. The van der Waals surface area contributed by atoms with E-state index < -0.39 is 0 Å². The third-order valence-electron chi connectivity index (χ3n) is 5.04. The maximum absolute atomic E-state index is 10.6. The van der Waals surface area contributed by atoms with Crippen molar-refractivity contribution in [2.24, 2.45) is 5.92 Å². The number of hydrogen-bond donors (Lipinski definition) is 1. The van der Waals surface area contributed by atoms with Crippen LogP contribution < -0.4 is 4.74 Å². The van der Waals surface area contributed by atoms with Crippen LogP contribution in [0.1, 0.15) is 44.1 Å². The molecule has 1 saturated heterocycles. The largest absolute Gasteiger partial charge is 0.481 e. The molecule has 2 fully saturated rings. The van der Waals surface area contributed by atoms with Crippen molar-refractivity contribution in [2.75, 3.05) is 13.7 Å². The number of pyridine rings is 1. The van der Waals surface area contributed by atoms with Crippen LogP contribution in [0.25, 0.3) is 0 Å². The van der Waals surface area contributed by atoms with E-state index in [1.54, 1.807) is 13.3 Å². The lowest BCUT2D eigenvalue weighted by Crippen LogP contribution is -2.41. The fourth-order valence-electron chi connectivity index (χ4n) is 3.82. The predicted octanol–water partition coefficient (Wildman–Crippen LogP) is 2.73. The zero-order valence-electron chi connectivity index (χ0n) is 12.8. The molecule has 21 heavy (non-hydrogen) atoms. The Hall–Kier alpha value is -1.13. The van der Waals surface area contributed by atoms with Gasteiger partial charge in [-0.2, -0.15) is 0 Å². The molecule has 2 heterocycles. The number of aliphatic hydroxyl groups is 1. The van der Waals surface area contributed by atoms with Gasteiger partial charge in [-0.1, -0.05) is 18.9 Å². The van der Waals surface area contributed by atoms with Gasteiger partial charge >= 0.3 is 0 Å². The van der Waals surface area contributed by atoms with E-state index in [-0.39, 0.29) is 11.7 Å². The van der Waals surface area contributed by atoms with Crippen molar-refractivity contribution in [2.45, 2.75) is 56.7 Å². The van der Waals surface area contributed by atoms with Gasteiger partial charge in [0.25, 0.3) is 0 Å². The summed E-state index contributed by atoms with van der Waals surface area (Å²) in [6.07, 6.45) is 9.01. The third-order valence-corrected chi connectivity index (χ3v) is 5.04. The van der Waals surface area contributed by atoms with Crippen molar-refractivity contribution >= 4 is 0 Å². The van der Waals surface area contributed by atoms with Gasteiger partial charge in [-0.15, -0.1) is 0 Å². The van der Waals surface area contributed by atoms with Crippen molar-refractivity contribution in [1.82, 2.24) is 4.98 Å². The summed E-state index contributed by atoms with van der Waals surface area (Å²) < 4.78 is 11.1. The monoisotopic (exact) mass is 291 g/mol. The topological polar surface area (TPSA) is 51.6 Å². The summed E-state index contributed by atoms with van der Waals surface area (Å²) in [5.74, 6) is 0.961. The molecule has 0 amide bonds. The van der Waals surface area contributed by atoms with Crippen molar-refractivity contribution in [1.29, 1.82) is 0 Å². The van der Waals surface area contributed by atoms with Gasteiger partial charge in [0.2, 0.25) is 5.88 Å². The number of aliphatic hydroxyl groups excluding tert-OH is 1. The summed E-state index contributed by atoms with van der Waals surface area (Å²) in [7, 11) is 1.61. The maximum Gasteiger partial charge on any atom is 0.212 e. The lowest BCUT2D eigenvalue weighted by molar-refractivity contribution is -0.112. The first-order valence-electron chi connectivity index (χ1n) is 8.02. The number of hydrogen-bond acceptors (Lipinski definition) is 4. The Labute approximate surface area is 126 Å². The SMILES string of the molecule is COc1ccc(CC(O)C2CCOC3(CCCC3)C2)cn1. The molecule has 2 atom stereocenters. The van der Waals surface area contributed by atoms with E-state index in [1.807, 2.05) is 12.1 Å². The summed E-state index contributed by atoms with van der Waals surface area (Å²) in [4.78, 5) is 4.21. The Kier molecular flexibility index (Phi) is 4.45. The second-order valence-corrected chi connectivity index (χ2v) is 6.47. The molecule has 116 valence electrons. The molecule has 2 aliphatic rings. The Balaban J connectivity index is 1.60. The Bertz CT molecular complexity index is 454. The highest BCUT2D eigenvalue weighted by Crippen LogP contribution is 2.43. The molecule has 1 spiro atoms. The highest BCUT2D eigenvalue weighted by atomic mass is 16.5. The average Bonchev–Trinajstić information content (AvgIpc) is 2.96. The summed E-state index contributed by atoms with van der Waals surface area (Å²) in [6.45, 7) is 0.794. The molecular formula is C17H25NO3. The van der Waals surface area contributed by atoms with Crippen LogP contribution in [0.4, 0.5) is 0 Å². The van der Waals surface area contributed by atoms with Gasteiger partial charge in [0.15, 0.2) is 0 Å². The van der Waals surface area contributed by atoms with Crippen molar-refractivity contribution < 1.29 is 14.6 Å². The smallest absolute Gasteiger partial charge is 0.212 e. The van der Waals surface area contributed by atoms with Crippen molar-refractivity contribution in [3.05, 3.63) is 23.9 Å². The number of aromatic nitrogens is 1. The fourth-order valence-corrected chi connectivity index (χ4v) is 3.82. The van der Waals surface area contributed by atoms with E-state index in [4.69, 9.17) is 9.47 Å². The molecule has 4 nitrogen and oxygen atoms in total. The summed E-state index contributed by atoms with van der Waals surface area (Å²) in [6, 6.07) is 3.84. The van der Waals surface area contributed by atoms with E-state index in [2.05, 4.69) is 4.98 Å². The Morgan fingerprint density at radius 1 is 1.43 bits per heavy atom. The van der Waals surface area contributed by atoms with Crippen LogP contribution in [-0.2, 0) is 11.2 Å². The van der Waals surface area contributed by atoms with Gasteiger partial charge in [0, 0.05) is 25.3 Å². The van der Waals surface area contributed by atoms with Crippen molar-refractivity contribution in [3.8, 4) is 5.88 Å². The van der Waals surface area contributed by atoms with Crippen LogP contribution in [-0.4, -0.2) is 35.5 Å². The number of rotatable bonds is 4. The maximum atomic E-state index is 10.6. The molecule has 1 saturated carbocycles. The number of methoxy groups -OCH3 is 1. The normalized spacial score (nSPS) is 25.9. The second-order valence-electron chi connectivity index (χ2n) is 6.47. The zero-order valence-corrected chi connectivity index (χ0v) is 12.8. The van der Waals surface area contributed by atoms with Crippen LogP contribution in [0.2, 0.25) is 0 Å². The molecule has 2 unspecified atom stereocenters. The second kappa shape index (κ2) is 6.32. The standard InChI is InChI=1S/C17H25NO3/c1-20-16-5-4-13(12-18-16)10-15(19)14-6-9-21-17(11-14)7-2-3-8-17/h4-5,12,14-15,19H,2-3,6-11H2,1H3. The quantitative estimate of drug-likeness (QED) is 0.926. The first kappa shape index (κ1) is 14.8. The Morgan fingerprint density at radius 3 is 2.90 bits per heavy atom. The van der Waals surface area contributed by atoms with E-state index in [1.165, 1.54) is 25.7 Å². The third kappa shape index (κ3) is 3.38. The summed E-state index contributed by atoms with van der Waals surface area (Å²) in [5.41, 5.74) is 1.14. The van der Waals surface area contributed by atoms with E-state index in [0.29, 0.717) is 18.2 Å². The molecule has 4 heteroatoms. The molecule has 0 aromatic carbocycles. The highest BCUT2D eigenvalue weighted by molar-refractivity contribution is 5.18. The Morgan fingerprint density at radius 2 is 2.24 bits per heavy atom. The lowest BCUT2D eigenvalue weighted by atomic mass is 9.80. The van der Waals surface area contributed by atoms with E-state index in [0.717, 1.165) is 25.0 Å². The first-order valence-corrected chi connectivity index (χ1v) is 8.02. The van der Waals surface area contributed by atoms with Crippen LogP contribution in [0.3, 0.4) is 0 Å². The van der Waals surface area contributed by atoms with Gasteiger partial charge in [0.1, 0.15) is 0 Å². The van der Waals surface area contributed by atoms with Gasteiger partial charge in [-0.25, -0.2) is 4.98 Å². The molecule has 1 N–H and O–H groups in total. The molecule has 1 aliphatic heterocycles. The number of nitrogens with zero attached hydrogens (tertiary/aromatic N) is 1. The van der Waals surface area contributed by atoms with Crippen LogP contribution in [0, 0.1) is 5.92 Å². The molecule has 1 aromatic rings. The van der Waals surface area contributed by atoms with Crippen LogP contribution in [0.5, 0.6) is 5.88 Å². The predicted molar refractivity (Wildman–Crippen MR) is 80.4 cm³/mol. The highest BCUT2D eigenvalue weighted by Gasteiger charge is 2.41. The molecule has 3 rings (SSSR count). The molecule has 0 bridgehead atoms. The van der Waals surface area contributed by atoms with Crippen molar-refractivity contribution in [3.63, 3.8) is 0 Å².